The van der Waals surface area contributed by atoms with Crippen LogP contribution >= 0.6 is 31.9 Å². The van der Waals surface area contributed by atoms with Crippen molar-refractivity contribution in [1.29, 1.82) is 0 Å². The van der Waals surface area contributed by atoms with Gasteiger partial charge in [-0.2, -0.15) is 13.2 Å². The van der Waals surface area contributed by atoms with E-state index < -0.39 is 11.7 Å². The van der Waals surface area contributed by atoms with Crippen molar-refractivity contribution in [2.24, 2.45) is 11.3 Å². The molecule has 0 aromatic heterocycles. The highest BCUT2D eigenvalue weighted by Crippen LogP contribution is 2.45. The van der Waals surface area contributed by atoms with Crippen LogP contribution in [0.4, 0.5) is 13.2 Å². The normalized spacial score (nSPS) is 17.4. The molecule has 1 aliphatic carbocycles. The van der Waals surface area contributed by atoms with E-state index in [1.54, 1.807) is 12.1 Å². The molecule has 1 aromatic carbocycles. The average Bonchev–Trinajstić information content (AvgIpc) is 2.99. The van der Waals surface area contributed by atoms with Crippen LogP contribution in [0.1, 0.15) is 36.8 Å². The van der Waals surface area contributed by atoms with Crippen molar-refractivity contribution in [3.63, 3.8) is 0 Å². The largest absolute Gasteiger partial charge is 0.416 e. The molecule has 0 nitrogen and oxygen atoms in total. The first-order chi connectivity index (χ1) is 9.91. The molecule has 0 saturated heterocycles. The van der Waals surface area contributed by atoms with Crippen LogP contribution in [0.5, 0.6) is 0 Å². The Balaban J connectivity index is 2.17. The Morgan fingerprint density at radius 2 is 1.48 bits per heavy atom. The second-order valence-corrected chi connectivity index (χ2v) is 7.10. The van der Waals surface area contributed by atoms with E-state index in [4.69, 9.17) is 0 Å². The van der Waals surface area contributed by atoms with Crippen molar-refractivity contribution in [2.75, 3.05) is 10.7 Å². The molecule has 1 aromatic rings. The van der Waals surface area contributed by atoms with Gasteiger partial charge in [-0.1, -0.05) is 56.8 Å². The summed E-state index contributed by atoms with van der Waals surface area (Å²) in [7, 11) is 0. The van der Waals surface area contributed by atoms with E-state index in [1.165, 1.54) is 37.8 Å². The fourth-order valence-corrected chi connectivity index (χ4v) is 5.49. The van der Waals surface area contributed by atoms with Gasteiger partial charge in [0.25, 0.3) is 0 Å². The zero-order valence-electron chi connectivity index (χ0n) is 11.7. The Bertz CT molecular complexity index is 444. The minimum absolute atomic E-state index is 0.0935. The summed E-state index contributed by atoms with van der Waals surface area (Å²) >= 11 is 7.27. The number of halogens is 5. The van der Waals surface area contributed by atoms with Gasteiger partial charge in [0.15, 0.2) is 0 Å². The maximum Gasteiger partial charge on any atom is 0.416 e. The van der Waals surface area contributed by atoms with Crippen molar-refractivity contribution in [3.8, 4) is 0 Å². The van der Waals surface area contributed by atoms with Crippen molar-refractivity contribution >= 4 is 31.9 Å². The van der Waals surface area contributed by atoms with Crippen molar-refractivity contribution < 1.29 is 13.2 Å². The van der Waals surface area contributed by atoms with E-state index in [0.717, 1.165) is 22.6 Å². The number of hydrogen-bond donors (Lipinski definition) is 0. The molecule has 0 heterocycles. The molecule has 0 N–H and O–H groups in total. The van der Waals surface area contributed by atoms with Gasteiger partial charge in [0.1, 0.15) is 0 Å². The van der Waals surface area contributed by atoms with Gasteiger partial charge in [0.05, 0.1) is 5.56 Å². The Morgan fingerprint density at radius 1 is 0.952 bits per heavy atom. The van der Waals surface area contributed by atoms with Crippen LogP contribution in [-0.4, -0.2) is 10.7 Å². The fourth-order valence-electron chi connectivity index (χ4n) is 3.25. The maximum absolute atomic E-state index is 12.6. The maximum atomic E-state index is 12.6. The van der Waals surface area contributed by atoms with E-state index in [0.29, 0.717) is 5.92 Å². The lowest BCUT2D eigenvalue weighted by Crippen LogP contribution is -2.35. The highest BCUT2D eigenvalue weighted by molar-refractivity contribution is 9.09. The quantitative estimate of drug-likeness (QED) is 0.489. The minimum Gasteiger partial charge on any atom is -0.166 e. The summed E-state index contributed by atoms with van der Waals surface area (Å²) in [5, 5.41) is 1.74. The summed E-state index contributed by atoms with van der Waals surface area (Å²) in [4.78, 5) is 0. The summed E-state index contributed by atoms with van der Waals surface area (Å²) in [6.45, 7) is 0. The monoisotopic (exact) mass is 426 g/mol. The van der Waals surface area contributed by atoms with Crippen LogP contribution in [0.15, 0.2) is 24.3 Å². The smallest absolute Gasteiger partial charge is 0.166 e. The molecular weight excluding hydrogens is 409 g/mol. The number of rotatable bonds is 5. The van der Waals surface area contributed by atoms with Gasteiger partial charge in [-0.05, 0) is 48.3 Å². The summed E-state index contributed by atoms with van der Waals surface area (Å²) in [6, 6.07) is 5.63. The van der Waals surface area contributed by atoms with Crippen molar-refractivity contribution in [3.05, 3.63) is 35.4 Å². The lowest BCUT2D eigenvalue weighted by atomic mass is 9.73. The average molecular weight is 428 g/mol. The van der Waals surface area contributed by atoms with Crippen LogP contribution < -0.4 is 0 Å². The van der Waals surface area contributed by atoms with Crippen LogP contribution in [0.3, 0.4) is 0 Å². The molecule has 0 aliphatic heterocycles. The zero-order valence-corrected chi connectivity index (χ0v) is 14.9. The molecule has 0 atom stereocenters. The molecule has 1 fully saturated rings. The van der Waals surface area contributed by atoms with E-state index in [9.17, 15) is 13.2 Å². The van der Waals surface area contributed by atoms with Crippen LogP contribution in [-0.2, 0) is 12.6 Å². The SMILES string of the molecule is FC(F)(F)c1ccc(CC(CBr)(CBr)C2CCCC2)cc1. The second-order valence-electron chi connectivity index (χ2n) is 5.98. The third-order valence-electron chi connectivity index (χ3n) is 4.59. The lowest BCUT2D eigenvalue weighted by Gasteiger charge is -2.36. The third-order valence-corrected chi connectivity index (χ3v) is 6.82. The van der Waals surface area contributed by atoms with E-state index >= 15 is 0 Å². The first-order valence-corrected chi connectivity index (χ1v) is 9.44. The molecule has 0 spiro atoms. The summed E-state index contributed by atoms with van der Waals surface area (Å²) in [6.07, 6.45) is 1.52. The molecule has 0 amide bonds. The van der Waals surface area contributed by atoms with Crippen LogP contribution in [0.2, 0.25) is 0 Å². The molecule has 1 aliphatic rings. The van der Waals surface area contributed by atoms with Crippen LogP contribution in [0, 0.1) is 11.3 Å². The molecule has 0 bridgehead atoms. The highest BCUT2D eigenvalue weighted by atomic mass is 79.9. The second kappa shape index (κ2) is 7.03. The lowest BCUT2D eigenvalue weighted by molar-refractivity contribution is -0.137. The van der Waals surface area contributed by atoms with Gasteiger partial charge < -0.3 is 0 Å². The van der Waals surface area contributed by atoms with Crippen molar-refractivity contribution in [2.45, 2.75) is 38.3 Å². The standard InChI is InChI=1S/C16H19Br2F3/c17-10-15(11-18,13-3-1-2-4-13)9-12-5-7-14(8-6-12)16(19,20)21/h5-8,13H,1-4,9-11H2. The first kappa shape index (κ1) is 17.3. The minimum atomic E-state index is -4.26. The molecule has 5 heteroatoms. The van der Waals surface area contributed by atoms with Gasteiger partial charge in [-0.25, -0.2) is 0 Å². The first-order valence-electron chi connectivity index (χ1n) is 7.19. The summed E-state index contributed by atoms with van der Waals surface area (Å²) in [5.41, 5.74) is 0.500. The van der Waals surface area contributed by atoms with Crippen molar-refractivity contribution in [1.82, 2.24) is 0 Å². The molecule has 2 rings (SSSR count). The topological polar surface area (TPSA) is 0 Å². The van der Waals surface area contributed by atoms with Gasteiger partial charge in [0, 0.05) is 10.7 Å². The van der Waals surface area contributed by atoms with Gasteiger partial charge in [-0.15, -0.1) is 0 Å². The highest BCUT2D eigenvalue weighted by Gasteiger charge is 2.38. The van der Waals surface area contributed by atoms with Gasteiger partial charge in [-0.3, -0.25) is 0 Å². The third kappa shape index (κ3) is 4.04. The zero-order chi connectivity index (χ0) is 15.5. The molecule has 118 valence electrons. The van der Waals surface area contributed by atoms with E-state index in [-0.39, 0.29) is 5.41 Å². The Labute approximate surface area is 140 Å². The summed E-state index contributed by atoms with van der Waals surface area (Å²) < 4.78 is 37.9. The van der Waals surface area contributed by atoms with Gasteiger partial charge >= 0.3 is 6.18 Å². The van der Waals surface area contributed by atoms with Gasteiger partial charge in [0.2, 0.25) is 0 Å². The fraction of sp³-hybridized carbons (Fsp3) is 0.625. The Hall–Kier alpha value is -0.0300. The molecule has 1 saturated carbocycles. The molecule has 0 unspecified atom stereocenters. The number of alkyl halides is 5. The van der Waals surface area contributed by atoms with Crippen LogP contribution in [0.25, 0.3) is 0 Å². The Morgan fingerprint density at radius 3 is 1.90 bits per heavy atom. The summed E-state index contributed by atoms with van der Waals surface area (Å²) in [5.74, 6) is 0.638. The molecular formula is C16H19Br2F3. The predicted octanol–water partition coefficient (Wildman–Crippen LogP) is 6.21. The molecule has 21 heavy (non-hydrogen) atoms. The number of benzene rings is 1. The Kier molecular flexibility index (Phi) is 5.80. The van der Waals surface area contributed by atoms with E-state index in [1.807, 2.05) is 0 Å². The molecule has 0 radical (unpaired) electrons. The van der Waals surface area contributed by atoms with E-state index in [2.05, 4.69) is 31.9 Å². The predicted molar refractivity (Wildman–Crippen MR) is 87.1 cm³/mol. The number of hydrogen-bond acceptors (Lipinski definition) is 0.